The summed E-state index contributed by atoms with van der Waals surface area (Å²) in [6.45, 7) is 0. The second-order valence-corrected chi connectivity index (χ2v) is 12.0. The molecular formula is C45H28N2. The van der Waals surface area contributed by atoms with Crippen LogP contribution in [0, 0.1) is 11.3 Å². The lowest BCUT2D eigenvalue weighted by atomic mass is 9.83. The summed E-state index contributed by atoms with van der Waals surface area (Å²) in [7, 11) is 0. The number of benzene rings is 8. The summed E-state index contributed by atoms with van der Waals surface area (Å²) in [5, 5.41) is 17.9. The zero-order valence-electron chi connectivity index (χ0n) is 25.6. The van der Waals surface area contributed by atoms with Gasteiger partial charge < -0.3 is 4.57 Å². The topological polar surface area (TPSA) is 28.7 Å². The molecule has 47 heavy (non-hydrogen) atoms. The summed E-state index contributed by atoms with van der Waals surface area (Å²) >= 11 is 0. The maximum absolute atomic E-state index is 10.8. The Kier molecular flexibility index (Phi) is 6.23. The molecule has 0 bridgehead atoms. The Bertz CT molecular complexity index is 2560. The van der Waals surface area contributed by atoms with E-state index in [0.29, 0.717) is 5.56 Å². The minimum absolute atomic E-state index is 0.680. The summed E-state index contributed by atoms with van der Waals surface area (Å²) in [6.07, 6.45) is 0. The smallest absolute Gasteiger partial charge is 0.100 e. The minimum Gasteiger partial charge on any atom is -0.309 e. The van der Waals surface area contributed by atoms with Crippen molar-refractivity contribution in [3.63, 3.8) is 0 Å². The van der Waals surface area contributed by atoms with Crippen LogP contribution in [0.2, 0.25) is 0 Å². The summed E-state index contributed by atoms with van der Waals surface area (Å²) in [5.41, 5.74) is 10.5. The molecule has 0 N–H and O–H groups in total. The van der Waals surface area contributed by atoms with E-state index >= 15 is 0 Å². The molecule has 9 aromatic rings. The number of para-hydroxylation sites is 2. The first-order valence-electron chi connectivity index (χ1n) is 15.9. The number of hydrogen-bond acceptors (Lipinski definition) is 1. The van der Waals surface area contributed by atoms with Crippen molar-refractivity contribution < 1.29 is 0 Å². The van der Waals surface area contributed by atoms with Gasteiger partial charge in [0, 0.05) is 27.6 Å². The normalized spacial score (nSPS) is 11.4. The molecule has 0 fully saturated rings. The van der Waals surface area contributed by atoms with Gasteiger partial charge in [0.05, 0.1) is 16.6 Å². The number of hydrogen-bond donors (Lipinski definition) is 0. The first-order chi connectivity index (χ1) is 23.3. The van der Waals surface area contributed by atoms with Crippen molar-refractivity contribution in [3.8, 4) is 45.1 Å². The molecule has 2 nitrogen and oxygen atoms in total. The third-order valence-electron chi connectivity index (χ3n) is 9.46. The molecule has 0 saturated carbocycles. The van der Waals surface area contributed by atoms with Crippen molar-refractivity contribution in [2.75, 3.05) is 0 Å². The maximum atomic E-state index is 10.8. The molecule has 1 aromatic heterocycles. The van der Waals surface area contributed by atoms with Crippen LogP contribution in [0.4, 0.5) is 0 Å². The number of fused-ring (bicyclic) bond motifs is 5. The molecule has 0 radical (unpaired) electrons. The van der Waals surface area contributed by atoms with E-state index in [-0.39, 0.29) is 0 Å². The SMILES string of the molecule is N#Cc1c(-c2ccc(-n3c4ccccc4c4ccccc43)cc2)cccc1-c1c2ccccc2c(-c2ccccc2)c2ccccc12. The van der Waals surface area contributed by atoms with Crippen LogP contribution in [0.15, 0.2) is 170 Å². The van der Waals surface area contributed by atoms with E-state index in [1.165, 1.54) is 43.7 Å². The fourth-order valence-electron chi connectivity index (χ4n) is 7.45. The quantitative estimate of drug-likeness (QED) is 0.186. The van der Waals surface area contributed by atoms with E-state index in [4.69, 9.17) is 0 Å². The van der Waals surface area contributed by atoms with Crippen LogP contribution >= 0.6 is 0 Å². The van der Waals surface area contributed by atoms with Gasteiger partial charge in [0.1, 0.15) is 6.07 Å². The molecule has 0 spiro atoms. The van der Waals surface area contributed by atoms with E-state index < -0.39 is 0 Å². The Morgan fingerprint density at radius 3 is 1.38 bits per heavy atom. The largest absolute Gasteiger partial charge is 0.309 e. The second kappa shape index (κ2) is 10.9. The van der Waals surface area contributed by atoms with Gasteiger partial charge in [0.2, 0.25) is 0 Å². The fraction of sp³-hybridized carbons (Fsp3) is 0. The van der Waals surface area contributed by atoms with Gasteiger partial charge in [-0.15, -0.1) is 0 Å². The molecule has 0 amide bonds. The van der Waals surface area contributed by atoms with Crippen LogP contribution in [-0.2, 0) is 0 Å². The molecule has 0 aliphatic rings. The number of nitrogens with zero attached hydrogens (tertiary/aromatic N) is 2. The van der Waals surface area contributed by atoms with Crippen molar-refractivity contribution in [1.82, 2.24) is 4.57 Å². The average Bonchev–Trinajstić information content (AvgIpc) is 3.48. The van der Waals surface area contributed by atoms with Crippen LogP contribution < -0.4 is 0 Å². The predicted molar refractivity (Wildman–Crippen MR) is 197 cm³/mol. The van der Waals surface area contributed by atoms with Gasteiger partial charge in [0.25, 0.3) is 0 Å². The predicted octanol–water partition coefficient (Wildman–Crippen LogP) is 12.0. The van der Waals surface area contributed by atoms with Crippen LogP contribution in [0.25, 0.3) is 82.4 Å². The summed E-state index contributed by atoms with van der Waals surface area (Å²) in [5.74, 6) is 0. The second-order valence-electron chi connectivity index (χ2n) is 12.0. The number of nitriles is 1. The molecule has 2 heteroatoms. The molecule has 0 saturated heterocycles. The van der Waals surface area contributed by atoms with Crippen LogP contribution in [0.1, 0.15) is 5.56 Å². The highest BCUT2D eigenvalue weighted by molar-refractivity contribution is 6.22. The monoisotopic (exact) mass is 596 g/mol. The Morgan fingerprint density at radius 1 is 0.362 bits per heavy atom. The van der Waals surface area contributed by atoms with Gasteiger partial charge in [-0.1, -0.05) is 146 Å². The van der Waals surface area contributed by atoms with E-state index in [0.717, 1.165) is 38.7 Å². The van der Waals surface area contributed by atoms with E-state index in [9.17, 15) is 5.26 Å². The van der Waals surface area contributed by atoms with Crippen molar-refractivity contribution >= 4 is 43.4 Å². The Hall–Kier alpha value is -6.43. The first kappa shape index (κ1) is 26.9. The lowest BCUT2D eigenvalue weighted by molar-refractivity contribution is 1.18. The lowest BCUT2D eigenvalue weighted by Crippen LogP contribution is -1.96. The first-order valence-corrected chi connectivity index (χ1v) is 15.9. The summed E-state index contributed by atoms with van der Waals surface area (Å²) in [4.78, 5) is 0. The minimum atomic E-state index is 0.680. The summed E-state index contributed by atoms with van der Waals surface area (Å²) < 4.78 is 2.32. The molecule has 0 atom stereocenters. The van der Waals surface area contributed by atoms with Gasteiger partial charge >= 0.3 is 0 Å². The van der Waals surface area contributed by atoms with Gasteiger partial charge in [0.15, 0.2) is 0 Å². The van der Waals surface area contributed by atoms with Gasteiger partial charge in [-0.3, -0.25) is 0 Å². The molecule has 9 rings (SSSR count). The third kappa shape index (κ3) is 4.18. The van der Waals surface area contributed by atoms with Crippen molar-refractivity contribution in [2.45, 2.75) is 0 Å². The highest BCUT2D eigenvalue weighted by Crippen LogP contribution is 2.45. The van der Waals surface area contributed by atoms with Crippen molar-refractivity contribution in [3.05, 3.63) is 175 Å². The molecule has 0 unspecified atom stereocenters. The lowest BCUT2D eigenvalue weighted by Gasteiger charge is -2.19. The third-order valence-corrected chi connectivity index (χ3v) is 9.46. The highest BCUT2D eigenvalue weighted by Gasteiger charge is 2.20. The van der Waals surface area contributed by atoms with E-state index in [1.807, 2.05) is 0 Å². The van der Waals surface area contributed by atoms with Crippen LogP contribution in [0.5, 0.6) is 0 Å². The zero-order valence-corrected chi connectivity index (χ0v) is 25.6. The molecule has 218 valence electrons. The van der Waals surface area contributed by atoms with Gasteiger partial charge in [-0.25, -0.2) is 0 Å². The number of rotatable bonds is 4. The van der Waals surface area contributed by atoms with E-state index in [1.54, 1.807) is 0 Å². The summed E-state index contributed by atoms with van der Waals surface area (Å²) in [6, 6.07) is 62.4. The van der Waals surface area contributed by atoms with Crippen LogP contribution in [0.3, 0.4) is 0 Å². The zero-order chi connectivity index (χ0) is 31.3. The van der Waals surface area contributed by atoms with Crippen molar-refractivity contribution in [1.29, 1.82) is 5.26 Å². The average molecular weight is 597 g/mol. The molecule has 0 aliphatic heterocycles. The Morgan fingerprint density at radius 2 is 0.830 bits per heavy atom. The Labute approximate surface area is 273 Å². The fourth-order valence-corrected chi connectivity index (χ4v) is 7.45. The van der Waals surface area contributed by atoms with E-state index in [2.05, 4.69) is 180 Å². The highest BCUT2D eigenvalue weighted by atomic mass is 15.0. The van der Waals surface area contributed by atoms with Crippen LogP contribution in [-0.4, -0.2) is 4.57 Å². The molecular weight excluding hydrogens is 569 g/mol. The molecule has 0 aliphatic carbocycles. The molecule has 8 aromatic carbocycles. The standard InChI is InChI=1S/C45H28N2/c46-29-41-33(30-25-27-32(28-26-30)47-42-23-10-8-15-34(42)35-16-9-11-24-43(35)47)21-12-22-40(41)45-38-19-6-4-17-36(38)44(31-13-2-1-3-14-31)37-18-5-7-20-39(37)45/h1-28H. The maximum Gasteiger partial charge on any atom is 0.100 e. The molecule has 1 heterocycles. The van der Waals surface area contributed by atoms with Gasteiger partial charge in [-0.2, -0.15) is 5.26 Å². The van der Waals surface area contributed by atoms with Crippen molar-refractivity contribution in [2.24, 2.45) is 0 Å². The Balaban J connectivity index is 1.24. The van der Waals surface area contributed by atoms with Gasteiger partial charge in [-0.05, 0) is 68.1 Å². The number of aromatic nitrogens is 1.